The van der Waals surface area contributed by atoms with Crippen LogP contribution >= 0.6 is 0 Å². The van der Waals surface area contributed by atoms with E-state index in [1.807, 2.05) is 13.8 Å². The summed E-state index contributed by atoms with van der Waals surface area (Å²) in [5.41, 5.74) is 1.08. The van der Waals surface area contributed by atoms with Gasteiger partial charge in [-0.2, -0.15) is 0 Å². The second kappa shape index (κ2) is 6.28. The predicted molar refractivity (Wildman–Crippen MR) is 99.3 cm³/mol. The van der Waals surface area contributed by atoms with E-state index in [0.717, 1.165) is 42.9 Å². The van der Waals surface area contributed by atoms with Crippen molar-refractivity contribution < 1.29 is 26.4 Å². The summed E-state index contributed by atoms with van der Waals surface area (Å²) in [6.45, 7) is 4.77. The molecule has 0 amide bonds. The lowest BCUT2D eigenvalue weighted by Gasteiger charge is -2.29. The van der Waals surface area contributed by atoms with E-state index in [4.69, 9.17) is 9.15 Å². The third-order valence-corrected chi connectivity index (χ3v) is 6.81. The lowest BCUT2D eigenvalue weighted by Crippen LogP contribution is -2.41. The van der Waals surface area contributed by atoms with Gasteiger partial charge < -0.3 is 14.5 Å². The number of fused-ring (bicyclic) bond motifs is 3. The van der Waals surface area contributed by atoms with Gasteiger partial charge >= 0.3 is 0 Å². The Morgan fingerprint density at radius 2 is 1.93 bits per heavy atom. The van der Waals surface area contributed by atoms with Crippen LogP contribution in [0.4, 0.5) is 8.78 Å². The Bertz CT molecular complexity index is 1200. The van der Waals surface area contributed by atoms with Crippen LogP contribution in [-0.2, 0) is 21.8 Å². The zero-order valence-corrected chi connectivity index (χ0v) is 16.4. The lowest BCUT2D eigenvalue weighted by atomic mass is 9.91. The number of methoxy groups -OCH3 is 1. The van der Waals surface area contributed by atoms with Crippen molar-refractivity contribution in [3.63, 3.8) is 0 Å². The van der Waals surface area contributed by atoms with Crippen LogP contribution in [0.1, 0.15) is 25.2 Å². The summed E-state index contributed by atoms with van der Waals surface area (Å²) >= 11 is 0. The van der Waals surface area contributed by atoms with Crippen molar-refractivity contribution in [2.75, 3.05) is 13.7 Å². The van der Waals surface area contributed by atoms with Crippen molar-refractivity contribution in [1.82, 2.24) is 5.32 Å². The van der Waals surface area contributed by atoms with Crippen molar-refractivity contribution in [3.8, 4) is 5.75 Å². The average molecular weight is 407 g/mol. The minimum Gasteiger partial charge on any atom is -0.492 e. The number of halogens is 2. The zero-order valence-electron chi connectivity index (χ0n) is 15.6. The van der Waals surface area contributed by atoms with Crippen molar-refractivity contribution in [3.05, 3.63) is 53.3 Å². The normalized spacial score (nSPS) is 16.2. The molecule has 0 fully saturated rings. The van der Waals surface area contributed by atoms with Crippen LogP contribution in [0.25, 0.3) is 11.0 Å². The fraction of sp³-hybridized carbons (Fsp3) is 0.300. The third-order valence-electron chi connectivity index (χ3n) is 5.05. The predicted octanol–water partition coefficient (Wildman–Crippen LogP) is 3.93. The Balaban J connectivity index is 1.91. The van der Waals surface area contributed by atoms with E-state index in [-0.39, 0.29) is 10.4 Å². The fourth-order valence-electron chi connectivity index (χ4n) is 3.69. The van der Waals surface area contributed by atoms with Gasteiger partial charge in [-0.3, -0.25) is 0 Å². The Hall–Kier alpha value is -2.45. The number of nitrogens with one attached hydrogen (secondary N) is 1. The van der Waals surface area contributed by atoms with Crippen LogP contribution in [-0.4, -0.2) is 22.1 Å². The van der Waals surface area contributed by atoms with Crippen LogP contribution in [0.2, 0.25) is 0 Å². The van der Waals surface area contributed by atoms with E-state index in [1.165, 1.54) is 12.1 Å². The van der Waals surface area contributed by atoms with Crippen molar-refractivity contribution >= 4 is 20.8 Å². The number of ether oxygens (including phenoxy) is 1. The SMILES string of the molecule is COc1c(F)cc(F)cc1S(=O)(=O)c1ccc2c3c(oc2c1)C(C)(C)NCC3. The molecular formula is C20H19F2NO4S. The van der Waals surface area contributed by atoms with Gasteiger partial charge in [0, 0.05) is 29.6 Å². The Labute approximate surface area is 161 Å². The highest BCUT2D eigenvalue weighted by molar-refractivity contribution is 7.91. The second-order valence-corrected chi connectivity index (χ2v) is 9.21. The molecule has 4 rings (SSSR count). The zero-order chi connectivity index (χ0) is 20.3. The molecule has 3 aromatic rings. The molecule has 1 aliphatic heterocycles. The molecular weight excluding hydrogens is 388 g/mol. The monoisotopic (exact) mass is 407 g/mol. The van der Waals surface area contributed by atoms with Gasteiger partial charge in [0.25, 0.3) is 0 Å². The first-order valence-corrected chi connectivity index (χ1v) is 10.2. The van der Waals surface area contributed by atoms with E-state index in [2.05, 4.69) is 5.32 Å². The van der Waals surface area contributed by atoms with Gasteiger partial charge in [0.15, 0.2) is 11.6 Å². The van der Waals surface area contributed by atoms with Gasteiger partial charge in [-0.15, -0.1) is 0 Å². The largest absolute Gasteiger partial charge is 0.492 e. The van der Waals surface area contributed by atoms with Crippen molar-refractivity contribution in [2.24, 2.45) is 0 Å². The molecule has 5 nitrogen and oxygen atoms in total. The highest BCUT2D eigenvalue weighted by atomic mass is 32.2. The summed E-state index contributed by atoms with van der Waals surface area (Å²) in [6, 6.07) is 5.82. The lowest BCUT2D eigenvalue weighted by molar-refractivity contribution is 0.310. The first-order valence-electron chi connectivity index (χ1n) is 8.74. The van der Waals surface area contributed by atoms with Gasteiger partial charge in [-0.05, 0) is 38.5 Å². The van der Waals surface area contributed by atoms with E-state index >= 15 is 0 Å². The molecule has 0 radical (unpaired) electrons. The van der Waals surface area contributed by atoms with Gasteiger partial charge in [-0.1, -0.05) is 0 Å². The Morgan fingerprint density at radius 3 is 2.64 bits per heavy atom. The summed E-state index contributed by atoms with van der Waals surface area (Å²) in [4.78, 5) is -0.690. The maximum atomic E-state index is 14.0. The maximum absolute atomic E-state index is 14.0. The van der Waals surface area contributed by atoms with Crippen LogP contribution in [0, 0.1) is 11.6 Å². The highest BCUT2D eigenvalue weighted by Crippen LogP contribution is 2.38. The number of hydrogen-bond acceptors (Lipinski definition) is 5. The fourth-order valence-corrected chi connectivity index (χ4v) is 5.15. The van der Waals surface area contributed by atoms with E-state index in [0.29, 0.717) is 11.6 Å². The van der Waals surface area contributed by atoms with Crippen LogP contribution in [0.5, 0.6) is 5.75 Å². The molecule has 0 aliphatic carbocycles. The third kappa shape index (κ3) is 2.79. The summed E-state index contributed by atoms with van der Waals surface area (Å²) in [7, 11) is -3.10. The second-order valence-electron chi connectivity index (χ2n) is 7.29. The molecule has 28 heavy (non-hydrogen) atoms. The molecule has 0 atom stereocenters. The smallest absolute Gasteiger partial charge is 0.210 e. The van der Waals surface area contributed by atoms with Crippen LogP contribution in [0.15, 0.2) is 44.5 Å². The minimum absolute atomic E-state index is 0.125. The molecule has 0 unspecified atom stereocenters. The molecule has 0 saturated heterocycles. The number of benzene rings is 2. The maximum Gasteiger partial charge on any atom is 0.210 e. The average Bonchev–Trinajstić information content (AvgIpc) is 3.00. The molecule has 1 aromatic heterocycles. The molecule has 0 bridgehead atoms. The van der Waals surface area contributed by atoms with Crippen molar-refractivity contribution in [1.29, 1.82) is 0 Å². The standard InChI is InChI=1S/C20H19F2NO4S/c1-20(2)19-14(6-7-23-20)13-5-4-12(10-16(13)27-19)28(24,25)17-9-11(21)8-15(22)18(17)26-3/h4-5,8-10,23H,6-7H2,1-3H3. The minimum atomic E-state index is -4.23. The molecule has 2 heterocycles. The highest BCUT2D eigenvalue weighted by Gasteiger charge is 2.33. The molecule has 0 saturated carbocycles. The number of hydrogen-bond donors (Lipinski definition) is 1. The number of furan rings is 1. The summed E-state index contributed by atoms with van der Waals surface area (Å²) in [5, 5.41) is 4.20. The summed E-state index contributed by atoms with van der Waals surface area (Å²) in [6.07, 6.45) is 0.765. The Kier molecular flexibility index (Phi) is 4.24. The van der Waals surface area contributed by atoms with Crippen LogP contribution < -0.4 is 10.1 Å². The molecule has 1 aliphatic rings. The van der Waals surface area contributed by atoms with Gasteiger partial charge in [-0.25, -0.2) is 17.2 Å². The van der Waals surface area contributed by atoms with E-state index in [1.54, 1.807) is 6.07 Å². The molecule has 0 spiro atoms. The number of rotatable bonds is 3. The van der Waals surface area contributed by atoms with Crippen molar-refractivity contribution in [2.45, 2.75) is 35.6 Å². The van der Waals surface area contributed by atoms with E-state index < -0.39 is 32.1 Å². The number of sulfone groups is 1. The first kappa shape index (κ1) is 18.9. The van der Waals surface area contributed by atoms with Crippen LogP contribution in [0.3, 0.4) is 0 Å². The molecule has 1 N–H and O–H groups in total. The first-order chi connectivity index (χ1) is 13.1. The molecule has 8 heteroatoms. The Morgan fingerprint density at radius 1 is 1.18 bits per heavy atom. The summed E-state index contributed by atoms with van der Waals surface area (Å²) in [5.74, 6) is -1.84. The van der Waals surface area contributed by atoms with Gasteiger partial charge in [0.1, 0.15) is 22.1 Å². The quantitative estimate of drug-likeness (QED) is 0.713. The molecule has 2 aromatic carbocycles. The van der Waals surface area contributed by atoms with Gasteiger partial charge in [0.05, 0.1) is 17.5 Å². The topological polar surface area (TPSA) is 68.5 Å². The summed E-state index contributed by atoms with van der Waals surface area (Å²) < 4.78 is 64.7. The van der Waals surface area contributed by atoms with Gasteiger partial charge in [0.2, 0.25) is 9.84 Å². The van der Waals surface area contributed by atoms with E-state index in [9.17, 15) is 17.2 Å². The molecule has 148 valence electrons.